The summed E-state index contributed by atoms with van der Waals surface area (Å²) in [5.41, 5.74) is 6.93. The number of carbonyl (C=O) groups is 1. The van der Waals surface area contributed by atoms with Crippen LogP contribution in [0.25, 0.3) is 10.9 Å². The Kier molecular flexibility index (Phi) is 2.74. The van der Waals surface area contributed by atoms with Crippen LogP contribution < -0.4 is 5.73 Å². The van der Waals surface area contributed by atoms with Crippen LogP contribution in [-0.2, 0) is 0 Å². The normalized spacial score (nSPS) is 10.7. The molecule has 5 heteroatoms. The molecule has 1 heterocycles. The fourth-order valence-electron chi connectivity index (χ4n) is 1.61. The van der Waals surface area contributed by atoms with Gasteiger partial charge in [0.05, 0.1) is 16.1 Å². The molecule has 0 radical (unpaired) electrons. The van der Waals surface area contributed by atoms with E-state index in [4.69, 9.17) is 28.9 Å². The van der Waals surface area contributed by atoms with Crippen molar-refractivity contribution >= 4 is 40.0 Å². The van der Waals surface area contributed by atoms with Crippen molar-refractivity contribution in [2.45, 2.75) is 6.92 Å². The number of rotatable bonds is 1. The standard InChI is InChI=1S/C11H8Cl2N2O/c1-5-2-7(11(14)16)10-8(13)3-6(12)4-9(10)15-5/h2-4H,1H3,(H2,14,16). The van der Waals surface area contributed by atoms with E-state index in [1.807, 2.05) is 0 Å². The minimum absolute atomic E-state index is 0.365. The first-order valence-electron chi connectivity index (χ1n) is 4.55. The smallest absolute Gasteiger partial charge is 0.249 e. The van der Waals surface area contributed by atoms with Gasteiger partial charge in [-0.3, -0.25) is 9.78 Å². The highest BCUT2D eigenvalue weighted by atomic mass is 35.5. The number of fused-ring (bicyclic) bond motifs is 1. The molecule has 16 heavy (non-hydrogen) atoms. The molecule has 0 spiro atoms. The van der Waals surface area contributed by atoms with Crippen molar-refractivity contribution in [3.05, 3.63) is 39.5 Å². The zero-order valence-electron chi connectivity index (χ0n) is 8.42. The number of carbonyl (C=O) groups excluding carboxylic acids is 1. The van der Waals surface area contributed by atoms with E-state index in [0.717, 1.165) is 0 Å². The summed E-state index contributed by atoms with van der Waals surface area (Å²) < 4.78 is 0. The van der Waals surface area contributed by atoms with Crippen molar-refractivity contribution in [2.75, 3.05) is 0 Å². The van der Waals surface area contributed by atoms with E-state index in [1.54, 1.807) is 25.1 Å². The number of primary amides is 1. The number of pyridine rings is 1. The van der Waals surface area contributed by atoms with Gasteiger partial charge in [0.1, 0.15) is 0 Å². The van der Waals surface area contributed by atoms with Gasteiger partial charge < -0.3 is 5.73 Å². The van der Waals surface area contributed by atoms with E-state index in [-0.39, 0.29) is 0 Å². The molecule has 1 aromatic carbocycles. The van der Waals surface area contributed by atoms with Gasteiger partial charge in [-0.2, -0.15) is 0 Å². The second-order valence-corrected chi connectivity index (χ2v) is 4.30. The summed E-state index contributed by atoms with van der Waals surface area (Å²) in [6, 6.07) is 4.83. The Bertz CT molecular complexity index is 591. The second-order valence-electron chi connectivity index (χ2n) is 3.46. The molecular weight excluding hydrogens is 247 g/mol. The lowest BCUT2D eigenvalue weighted by atomic mass is 10.1. The number of amides is 1. The Hall–Kier alpha value is -1.32. The quantitative estimate of drug-likeness (QED) is 0.851. The van der Waals surface area contributed by atoms with Crippen molar-refractivity contribution in [3.8, 4) is 0 Å². The van der Waals surface area contributed by atoms with Crippen LogP contribution >= 0.6 is 23.2 Å². The molecular formula is C11H8Cl2N2O. The third-order valence-electron chi connectivity index (χ3n) is 2.22. The lowest BCUT2D eigenvalue weighted by Crippen LogP contribution is -2.12. The van der Waals surface area contributed by atoms with Crippen LogP contribution in [0.3, 0.4) is 0 Å². The van der Waals surface area contributed by atoms with E-state index < -0.39 is 5.91 Å². The molecule has 0 saturated heterocycles. The maximum atomic E-state index is 11.3. The molecule has 0 bridgehead atoms. The first-order chi connectivity index (χ1) is 7.49. The Morgan fingerprint density at radius 1 is 1.31 bits per heavy atom. The number of aryl methyl sites for hydroxylation is 1. The zero-order valence-corrected chi connectivity index (χ0v) is 9.93. The van der Waals surface area contributed by atoms with Gasteiger partial charge in [-0.1, -0.05) is 23.2 Å². The zero-order chi connectivity index (χ0) is 11.9. The summed E-state index contributed by atoms with van der Waals surface area (Å²) in [7, 11) is 0. The van der Waals surface area contributed by atoms with Gasteiger partial charge in [-0.15, -0.1) is 0 Å². The predicted octanol–water partition coefficient (Wildman–Crippen LogP) is 2.95. The van der Waals surface area contributed by atoms with Crippen LogP contribution in [0.1, 0.15) is 16.1 Å². The molecule has 2 N–H and O–H groups in total. The van der Waals surface area contributed by atoms with Gasteiger partial charge in [-0.05, 0) is 25.1 Å². The molecule has 1 aromatic heterocycles. The highest BCUT2D eigenvalue weighted by Crippen LogP contribution is 2.29. The summed E-state index contributed by atoms with van der Waals surface area (Å²) in [5.74, 6) is -0.528. The van der Waals surface area contributed by atoms with Gasteiger partial charge in [0, 0.05) is 16.1 Å². The van der Waals surface area contributed by atoms with E-state index in [9.17, 15) is 4.79 Å². The molecule has 3 nitrogen and oxygen atoms in total. The first kappa shape index (κ1) is 11.2. The number of hydrogen-bond acceptors (Lipinski definition) is 2. The fraction of sp³-hybridized carbons (Fsp3) is 0.0909. The van der Waals surface area contributed by atoms with Crippen molar-refractivity contribution in [1.29, 1.82) is 0 Å². The molecule has 0 saturated carbocycles. The van der Waals surface area contributed by atoms with Crippen LogP contribution in [0.15, 0.2) is 18.2 Å². The summed E-state index contributed by atoms with van der Waals surface area (Å²) in [6.07, 6.45) is 0. The van der Waals surface area contributed by atoms with Gasteiger partial charge in [-0.25, -0.2) is 0 Å². The van der Waals surface area contributed by atoms with E-state index in [1.165, 1.54) is 0 Å². The molecule has 0 unspecified atom stereocenters. The van der Waals surface area contributed by atoms with E-state index in [2.05, 4.69) is 4.98 Å². The van der Waals surface area contributed by atoms with Crippen molar-refractivity contribution < 1.29 is 4.79 Å². The Morgan fingerprint density at radius 3 is 2.62 bits per heavy atom. The number of hydrogen-bond donors (Lipinski definition) is 1. The Balaban J connectivity index is 2.95. The second kappa shape index (κ2) is 3.92. The molecule has 0 aliphatic carbocycles. The minimum Gasteiger partial charge on any atom is -0.366 e. The van der Waals surface area contributed by atoms with Crippen LogP contribution in [-0.4, -0.2) is 10.9 Å². The molecule has 82 valence electrons. The van der Waals surface area contributed by atoms with Gasteiger partial charge in [0.2, 0.25) is 5.91 Å². The SMILES string of the molecule is Cc1cc(C(N)=O)c2c(Cl)cc(Cl)cc2n1. The van der Waals surface area contributed by atoms with Gasteiger partial charge >= 0.3 is 0 Å². The van der Waals surface area contributed by atoms with Crippen LogP contribution in [0.2, 0.25) is 10.0 Å². The lowest BCUT2D eigenvalue weighted by molar-refractivity contribution is 0.100. The van der Waals surface area contributed by atoms with Crippen LogP contribution in [0.5, 0.6) is 0 Å². The van der Waals surface area contributed by atoms with E-state index in [0.29, 0.717) is 32.2 Å². The molecule has 1 amide bonds. The number of benzene rings is 1. The predicted molar refractivity (Wildman–Crippen MR) is 65.0 cm³/mol. The summed E-state index contributed by atoms with van der Waals surface area (Å²) in [5, 5.41) is 1.40. The maximum Gasteiger partial charge on any atom is 0.249 e. The Labute approximate surface area is 102 Å². The molecule has 0 atom stereocenters. The fourth-order valence-corrected chi connectivity index (χ4v) is 2.20. The summed E-state index contributed by atoms with van der Waals surface area (Å²) in [6.45, 7) is 1.78. The maximum absolute atomic E-state index is 11.3. The van der Waals surface area contributed by atoms with Gasteiger partial charge in [0.25, 0.3) is 0 Å². The van der Waals surface area contributed by atoms with Crippen molar-refractivity contribution in [3.63, 3.8) is 0 Å². The third kappa shape index (κ3) is 1.84. The van der Waals surface area contributed by atoms with Crippen molar-refractivity contribution in [1.82, 2.24) is 4.98 Å². The average molecular weight is 255 g/mol. The molecule has 2 aromatic rings. The summed E-state index contributed by atoms with van der Waals surface area (Å²) >= 11 is 11.9. The van der Waals surface area contributed by atoms with Crippen LogP contribution in [0, 0.1) is 6.92 Å². The van der Waals surface area contributed by atoms with Crippen LogP contribution in [0.4, 0.5) is 0 Å². The van der Waals surface area contributed by atoms with Crippen molar-refractivity contribution in [2.24, 2.45) is 5.73 Å². The minimum atomic E-state index is -0.528. The molecule has 0 aliphatic rings. The van der Waals surface area contributed by atoms with Gasteiger partial charge in [0.15, 0.2) is 0 Å². The lowest BCUT2D eigenvalue weighted by Gasteiger charge is -2.07. The Morgan fingerprint density at radius 2 is 2.00 bits per heavy atom. The number of nitrogens with two attached hydrogens (primary N) is 1. The largest absolute Gasteiger partial charge is 0.366 e. The average Bonchev–Trinajstić information content (AvgIpc) is 2.14. The molecule has 2 rings (SSSR count). The summed E-state index contributed by atoms with van der Waals surface area (Å²) in [4.78, 5) is 15.6. The highest BCUT2D eigenvalue weighted by Gasteiger charge is 2.12. The topological polar surface area (TPSA) is 56.0 Å². The first-order valence-corrected chi connectivity index (χ1v) is 5.31. The number of nitrogens with zero attached hydrogens (tertiary/aromatic N) is 1. The monoisotopic (exact) mass is 254 g/mol. The molecule has 0 fully saturated rings. The number of aromatic nitrogens is 1. The third-order valence-corrected chi connectivity index (χ3v) is 2.74. The van der Waals surface area contributed by atoms with E-state index >= 15 is 0 Å². The highest BCUT2D eigenvalue weighted by molar-refractivity contribution is 6.39. The molecule has 0 aliphatic heterocycles. The number of halogens is 2.